The third kappa shape index (κ3) is 61.1. The van der Waals surface area contributed by atoms with E-state index in [2.05, 4.69) is 123 Å². The van der Waals surface area contributed by atoms with E-state index in [9.17, 15) is 14.7 Å². The molecule has 0 rings (SSSR count). The number of rotatable bonds is 57. The highest BCUT2D eigenvalue weighted by molar-refractivity contribution is 5.70. The average molecular weight is 1030 g/mol. The molecule has 0 aromatic carbocycles. The lowest BCUT2D eigenvalue weighted by atomic mass is 10.0. The monoisotopic (exact) mass is 1030 g/mol. The molecular weight excluding hydrogens is 909 g/mol. The van der Waals surface area contributed by atoms with Crippen molar-refractivity contribution in [2.75, 3.05) is 13.2 Å². The molecule has 0 saturated heterocycles. The summed E-state index contributed by atoms with van der Waals surface area (Å²) in [7, 11) is 0. The van der Waals surface area contributed by atoms with Gasteiger partial charge in [-0.1, -0.05) is 297 Å². The van der Waals surface area contributed by atoms with E-state index in [-0.39, 0.29) is 25.2 Å². The molecule has 0 aliphatic carbocycles. The molecule has 0 radical (unpaired) electrons. The van der Waals surface area contributed by atoms with Gasteiger partial charge in [0.05, 0.1) is 6.61 Å². The summed E-state index contributed by atoms with van der Waals surface area (Å²) < 4.78 is 10.7. The molecule has 1 N–H and O–H groups in total. The smallest absolute Gasteiger partial charge is 0.306 e. The van der Waals surface area contributed by atoms with Crippen LogP contribution < -0.4 is 0 Å². The molecule has 1 unspecified atom stereocenters. The van der Waals surface area contributed by atoms with Crippen molar-refractivity contribution in [1.82, 2.24) is 0 Å². The Morgan fingerprint density at radius 2 is 0.541 bits per heavy atom. The molecule has 1 atom stereocenters. The van der Waals surface area contributed by atoms with E-state index >= 15 is 0 Å². The summed E-state index contributed by atoms with van der Waals surface area (Å²) in [6.45, 7) is 3.94. The number of allylic oxidation sites excluding steroid dienone is 18. The van der Waals surface area contributed by atoms with Crippen LogP contribution in [0.1, 0.15) is 296 Å². The Morgan fingerprint density at radius 1 is 0.311 bits per heavy atom. The van der Waals surface area contributed by atoms with Gasteiger partial charge in [0.1, 0.15) is 6.61 Å². The Balaban J connectivity index is 3.46. The van der Waals surface area contributed by atoms with Crippen molar-refractivity contribution in [3.05, 3.63) is 109 Å². The molecule has 424 valence electrons. The number of hydrogen-bond acceptors (Lipinski definition) is 5. The number of aliphatic hydroxyl groups excluding tert-OH is 1. The fourth-order valence-corrected chi connectivity index (χ4v) is 8.93. The molecule has 0 amide bonds. The first-order chi connectivity index (χ1) is 36.6. The van der Waals surface area contributed by atoms with Gasteiger partial charge in [0, 0.05) is 12.8 Å². The van der Waals surface area contributed by atoms with Crippen LogP contribution in [0, 0.1) is 0 Å². The van der Waals surface area contributed by atoms with Crippen LogP contribution >= 0.6 is 0 Å². The van der Waals surface area contributed by atoms with Crippen molar-refractivity contribution < 1.29 is 24.2 Å². The van der Waals surface area contributed by atoms with Gasteiger partial charge in [-0.3, -0.25) is 9.59 Å². The maximum Gasteiger partial charge on any atom is 0.306 e. The minimum absolute atomic E-state index is 0.0684. The second-order valence-electron chi connectivity index (χ2n) is 20.7. The van der Waals surface area contributed by atoms with Gasteiger partial charge >= 0.3 is 11.9 Å². The number of carbonyl (C=O) groups is 2. The van der Waals surface area contributed by atoms with E-state index in [4.69, 9.17) is 9.47 Å². The molecule has 0 aromatic heterocycles. The minimum Gasteiger partial charge on any atom is -0.462 e. The van der Waals surface area contributed by atoms with Crippen LogP contribution in [0.3, 0.4) is 0 Å². The summed E-state index contributed by atoms with van der Waals surface area (Å²) in [5.41, 5.74) is 0. The van der Waals surface area contributed by atoms with E-state index in [1.807, 2.05) is 0 Å². The molecule has 74 heavy (non-hydrogen) atoms. The van der Waals surface area contributed by atoms with Crippen molar-refractivity contribution in [3.8, 4) is 0 Å². The van der Waals surface area contributed by atoms with Crippen LogP contribution in [0.15, 0.2) is 109 Å². The second-order valence-corrected chi connectivity index (χ2v) is 20.7. The van der Waals surface area contributed by atoms with E-state index in [1.165, 1.54) is 173 Å². The standard InChI is InChI=1S/C69H118O5/c1-3-5-7-9-11-13-15-17-19-21-23-25-27-29-30-31-32-33-34-35-36-37-38-40-42-44-46-48-50-52-54-56-58-60-62-64-69(72)74-67(65-70)66-73-68(71)63-61-59-57-55-53-51-49-47-45-43-41-39-28-26-24-22-20-18-16-14-12-10-8-6-4-2/h5-8,11-14,17-20,23-26,29-30,67,70H,3-4,9-10,15-16,21-22,27-28,31-66H2,1-2H3/b7-5-,8-6-,13-11-,14-12-,19-17-,20-18-,25-23-,26-24-,30-29-. The Morgan fingerprint density at radius 3 is 0.811 bits per heavy atom. The summed E-state index contributed by atoms with van der Waals surface area (Å²) in [6, 6.07) is 0. The van der Waals surface area contributed by atoms with Crippen molar-refractivity contribution in [1.29, 1.82) is 0 Å². The maximum absolute atomic E-state index is 12.3. The summed E-state index contributed by atoms with van der Waals surface area (Å²) in [6.07, 6.45) is 92.3. The van der Waals surface area contributed by atoms with Gasteiger partial charge in [-0.2, -0.15) is 0 Å². The first-order valence-corrected chi connectivity index (χ1v) is 31.4. The molecule has 0 aliphatic rings. The Labute approximate surface area is 459 Å². The van der Waals surface area contributed by atoms with Crippen molar-refractivity contribution in [2.24, 2.45) is 0 Å². The number of hydrogen-bond donors (Lipinski definition) is 1. The zero-order valence-corrected chi connectivity index (χ0v) is 48.6. The number of esters is 2. The SMILES string of the molecule is CC/C=C\C/C=C\C/C=C\C/C=C\C/C=C\CCCCCCCCCCCCCCCCCCCCCC(=O)OC(CO)COC(=O)CCCCCCCCCCCCCC/C=C\C/C=C\C/C=C\C/C=C\CC. The van der Waals surface area contributed by atoms with Gasteiger partial charge in [0.2, 0.25) is 0 Å². The van der Waals surface area contributed by atoms with E-state index in [0.29, 0.717) is 12.8 Å². The van der Waals surface area contributed by atoms with Gasteiger partial charge in [-0.15, -0.1) is 0 Å². The number of carbonyl (C=O) groups excluding carboxylic acids is 2. The molecule has 5 nitrogen and oxygen atoms in total. The van der Waals surface area contributed by atoms with Crippen LogP contribution in [0.25, 0.3) is 0 Å². The number of ether oxygens (including phenoxy) is 2. The summed E-state index contributed by atoms with van der Waals surface area (Å²) >= 11 is 0. The van der Waals surface area contributed by atoms with Gasteiger partial charge < -0.3 is 14.6 Å². The molecule has 0 fully saturated rings. The van der Waals surface area contributed by atoms with Crippen LogP contribution in [0.4, 0.5) is 0 Å². The Kier molecular flexibility index (Phi) is 60.9. The first kappa shape index (κ1) is 70.6. The molecule has 0 saturated carbocycles. The van der Waals surface area contributed by atoms with E-state index < -0.39 is 6.10 Å². The van der Waals surface area contributed by atoms with Crippen molar-refractivity contribution in [2.45, 2.75) is 302 Å². The Bertz CT molecular complexity index is 1440. The highest BCUT2D eigenvalue weighted by atomic mass is 16.6. The lowest BCUT2D eigenvalue weighted by Crippen LogP contribution is -2.28. The van der Waals surface area contributed by atoms with Gasteiger partial charge in [0.15, 0.2) is 6.10 Å². The van der Waals surface area contributed by atoms with Gasteiger partial charge in [-0.05, 0) is 96.3 Å². The highest BCUT2D eigenvalue weighted by Crippen LogP contribution is 2.17. The largest absolute Gasteiger partial charge is 0.462 e. The zero-order valence-electron chi connectivity index (χ0n) is 48.6. The Hall–Kier alpha value is -3.44. The predicted molar refractivity (Wildman–Crippen MR) is 325 cm³/mol. The second kappa shape index (κ2) is 63.8. The van der Waals surface area contributed by atoms with Gasteiger partial charge in [0.25, 0.3) is 0 Å². The lowest BCUT2D eigenvalue weighted by Gasteiger charge is -2.15. The molecular formula is C69H118O5. The summed E-state index contributed by atoms with van der Waals surface area (Å²) in [5, 5.41) is 9.68. The fourth-order valence-electron chi connectivity index (χ4n) is 8.93. The predicted octanol–water partition coefficient (Wildman–Crippen LogP) is 21.6. The summed E-state index contributed by atoms with van der Waals surface area (Å²) in [5.74, 6) is -0.585. The fraction of sp³-hybridized carbons (Fsp3) is 0.710. The lowest BCUT2D eigenvalue weighted by molar-refractivity contribution is -0.161. The third-order valence-electron chi connectivity index (χ3n) is 13.6. The summed E-state index contributed by atoms with van der Waals surface area (Å²) in [4.78, 5) is 24.6. The van der Waals surface area contributed by atoms with Crippen LogP contribution in [-0.2, 0) is 19.1 Å². The van der Waals surface area contributed by atoms with Crippen LogP contribution in [0.2, 0.25) is 0 Å². The average Bonchev–Trinajstić information content (AvgIpc) is 3.40. The quantitative estimate of drug-likeness (QED) is 0.0373. The van der Waals surface area contributed by atoms with E-state index in [1.54, 1.807) is 0 Å². The van der Waals surface area contributed by atoms with E-state index in [0.717, 1.165) is 96.3 Å². The third-order valence-corrected chi connectivity index (χ3v) is 13.6. The molecule has 0 aromatic rings. The van der Waals surface area contributed by atoms with Crippen LogP contribution in [0.5, 0.6) is 0 Å². The number of aliphatic hydroxyl groups is 1. The molecule has 5 heteroatoms. The maximum atomic E-state index is 12.3. The molecule has 0 heterocycles. The van der Waals surface area contributed by atoms with Gasteiger partial charge in [-0.25, -0.2) is 0 Å². The van der Waals surface area contributed by atoms with Crippen LogP contribution in [-0.4, -0.2) is 36.4 Å². The minimum atomic E-state index is -0.778. The normalized spacial score (nSPS) is 13.0. The van der Waals surface area contributed by atoms with Crippen molar-refractivity contribution >= 4 is 11.9 Å². The molecule has 0 bridgehead atoms. The molecule has 0 spiro atoms. The number of unbranched alkanes of at least 4 members (excludes halogenated alkanes) is 31. The topological polar surface area (TPSA) is 72.8 Å². The zero-order chi connectivity index (χ0) is 53.4. The first-order valence-electron chi connectivity index (χ1n) is 31.4. The van der Waals surface area contributed by atoms with Crippen molar-refractivity contribution in [3.63, 3.8) is 0 Å². The molecule has 0 aliphatic heterocycles. The highest BCUT2D eigenvalue weighted by Gasteiger charge is 2.16.